The summed E-state index contributed by atoms with van der Waals surface area (Å²) in [6.07, 6.45) is 0.107. The second-order valence-electron chi connectivity index (χ2n) is 3.69. The molecule has 0 bridgehead atoms. The first-order valence-electron chi connectivity index (χ1n) is 5.56. The highest BCUT2D eigenvalue weighted by Gasteiger charge is 2.10. The van der Waals surface area contributed by atoms with E-state index in [1.54, 1.807) is 13.0 Å². The van der Waals surface area contributed by atoms with Gasteiger partial charge in [0, 0.05) is 6.54 Å². The molecule has 0 N–H and O–H groups in total. The van der Waals surface area contributed by atoms with Gasteiger partial charge in [-0.05, 0) is 25.1 Å². The van der Waals surface area contributed by atoms with E-state index in [0.29, 0.717) is 16.8 Å². The summed E-state index contributed by atoms with van der Waals surface area (Å²) in [7, 11) is 0. The minimum absolute atomic E-state index is 0.107. The Morgan fingerprint density at radius 2 is 2.28 bits per heavy atom. The van der Waals surface area contributed by atoms with Crippen LogP contribution in [0.2, 0.25) is 0 Å². The number of fused-ring (bicyclic) bond motifs is 1. The molecule has 18 heavy (non-hydrogen) atoms. The molecule has 0 fully saturated rings. The lowest BCUT2D eigenvalue weighted by atomic mass is 10.3. The number of ether oxygens (including phenoxy) is 1. The summed E-state index contributed by atoms with van der Waals surface area (Å²) in [4.78, 5) is 22.8. The molecule has 4 nitrogen and oxygen atoms in total. The van der Waals surface area contributed by atoms with Gasteiger partial charge in [-0.25, -0.2) is 4.39 Å². The maximum atomic E-state index is 13.1. The van der Waals surface area contributed by atoms with Crippen LogP contribution in [-0.4, -0.2) is 17.1 Å². The molecule has 2 aromatic rings. The zero-order chi connectivity index (χ0) is 13.1. The van der Waals surface area contributed by atoms with Gasteiger partial charge in [-0.1, -0.05) is 11.3 Å². The van der Waals surface area contributed by atoms with Crippen LogP contribution in [0, 0.1) is 5.82 Å². The van der Waals surface area contributed by atoms with Crippen molar-refractivity contribution in [3.8, 4) is 0 Å². The smallest absolute Gasteiger partial charge is 0.308 e. The zero-order valence-electron chi connectivity index (χ0n) is 9.81. The van der Waals surface area contributed by atoms with E-state index < -0.39 is 5.82 Å². The molecule has 96 valence electrons. The number of aromatic nitrogens is 1. The van der Waals surface area contributed by atoms with Crippen LogP contribution in [-0.2, 0) is 16.1 Å². The molecule has 0 saturated carbocycles. The maximum absolute atomic E-state index is 13.1. The van der Waals surface area contributed by atoms with Crippen LogP contribution in [0.25, 0.3) is 10.2 Å². The first kappa shape index (κ1) is 12.8. The van der Waals surface area contributed by atoms with Crippen LogP contribution in [0.15, 0.2) is 23.0 Å². The number of benzene rings is 1. The standard InChI is InChI=1S/C12H12FNO3S/c1-2-17-11(15)5-6-14-9-7-8(13)3-4-10(9)18-12(14)16/h3-4,7H,2,5-6H2,1H3. The third kappa shape index (κ3) is 2.59. The number of esters is 1. The van der Waals surface area contributed by atoms with E-state index in [9.17, 15) is 14.0 Å². The third-order valence-corrected chi connectivity index (χ3v) is 3.43. The minimum atomic E-state index is -0.398. The topological polar surface area (TPSA) is 48.3 Å². The fourth-order valence-corrected chi connectivity index (χ4v) is 2.58. The lowest BCUT2D eigenvalue weighted by molar-refractivity contribution is -0.143. The molecule has 0 aliphatic carbocycles. The predicted molar refractivity (Wildman–Crippen MR) is 67.3 cm³/mol. The summed E-state index contributed by atoms with van der Waals surface area (Å²) in [6, 6.07) is 4.18. The summed E-state index contributed by atoms with van der Waals surface area (Å²) >= 11 is 1.04. The number of rotatable bonds is 4. The Hall–Kier alpha value is -1.69. The molecule has 1 heterocycles. The molecule has 0 atom stereocenters. The van der Waals surface area contributed by atoms with Crippen molar-refractivity contribution >= 4 is 27.5 Å². The van der Waals surface area contributed by atoms with Crippen LogP contribution < -0.4 is 4.87 Å². The van der Waals surface area contributed by atoms with E-state index in [-0.39, 0.29) is 23.8 Å². The molecule has 1 aromatic carbocycles. The predicted octanol–water partition coefficient (Wildman–Crippen LogP) is 2.16. The molecule has 0 saturated heterocycles. The van der Waals surface area contributed by atoms with E-state index in [1.807, 2.05) is 0 Å². The van der Waals surface area contributed by atoms with Gasteiger partial charge < -0.3 is 4.74 Å². The van der Waals surface area contributed by atoms with Crippen molar-refractivity contribution in [2.75, 3.05) is 6.61 Å². The molecular formula is C12H12FNO3S. The van der Waals surface area contributed by atoms with Gasteiger partial charge >= 0.3 is 10.8 Å². The number of carbonyl (C=O) groups excluding carboxylic acids is 1. The fourth-order valence-electron chi connectivity index (χ4n) is 1.68. The van der Waals surface area contributed by atoms with Crippen molar-refractivity contribution in [3.63, 3.8) is 0 Å². The molecule has 1 aromatic heterocycles. The second kappa shape index (κ2) is 5.30. The Labute approximate surface area is 107 Å². The van der Waals surface area contributed by atoms with Crippen molar-refractivity contribution in [2.45, 2.75) is 19.9 Å². The first-order chi connectivity index (χ1) is 8.61. The number of carbonyl (C=O) groups is 1. The lowest BCUT2D eigenvalue weighted by Crippen LogP contribution is -2.16. The van der Waals surface area contributed by atoms with Crippen molar-refractivity contribution in [1.82, 2.24) is 4.57 Å². The Bertz CT molecular complexity index is 632. The van der Waals surface area contributed by atoms with Crippen molar-refractivity contribution in [3.05, 3.63) is 33.7 Å². The normalized spacial score (nSPS) is 10.8. The summed E-state index contributed by atoms with van der Waals surface area (Å²) in [6.45, 7) is 2.24. The molecule has 2 rings (SSSR count). The van der Waals surface area contributed by atoms with E-state index in [2.05, 4.69) is 0 Å². The van der Waals surface area contributed by atoms with E-state index in [1.165, 1.54) is 16.7 Å². The summed E-state index contributed by atoms with van der Waals surface area (Å²) in [5.41, 5.74) is 0.522. The highest BCUT2D eigenvalue weighted by molar-refractivity contribution is 7.16. The van der Waals surface area contributed by atoms with Crippen LogP contribution in [0.1, 0.15) is 13.3 Å². The highest BCUT2D eigenvalue weighted by atomic mass is 32.1. The number of thiazole rings is 1. The molecular weight excluding hydrogens is 257 g/mol. The number of hydrogen-bond donors (Lipinski definition) is 0. The monoisotopic (exact) mass is 269 g/mol. The SMILES string of the molecule is CCOC(=O)CCn1c(=O)sc2ccc(F)cc21. The Balaban J connectivity index is 2.27. The van der Waals surface area contributed by atoms with E-state index in [4.69, 9.17) is 4.74 Å². The van der Waals surface area contributed by atoms with Gasteiger partial charge in [0.2, 0.25) is 0 Å². The fraction of sp³-hybridized carbons (Fsp3) is 0.333. The summed E-state index contributed by atoms with van der Waals surface area (Å²) < 4.78 is 20.0. The maximum Gasteiger partial charge on any atom is 0.308 e. The Morgan fingerprint density at radius 1 is 1.50 bits per heavy atom. The van der Waals surface area contributed by atoms with Gasteiger partial charge in [-0.15, -0.1) is 0 Å². The molecule has 0 radical (unpaired) electrons. The van der Waals surface area contributed by atoms with Gasteiger partial charge in [-0.3, -0.25) is 14.2 Å². The Kier molecular flexibility index (Phi) is 3.76. The van der Waals surface area contributed by atoms with E-state index >= 15 is 0 Å². The largest absolute Gasteiger partial charge is 0.466 e. The van der Waals surface area contributed by atoms with Crippen LogP contribution in [0.5, 0.6) is 0 Å². The highest BCUT2D eigenvalue weighted by Crippen LogP contribution is 2.18. The first-order valence-corrected chi connectivity index (χ1v) is 6.38. The van der Waals surface area contributed by atoms with Crippen molar-refractivity contribution in [2.24, 2.45) is 0 Å². The number of nitrogens with zero attached hydrogens (tertiary/aromatic N) is 1. The molecule has 0 unspecified atom stereocenters. The van der Waals surface area contributed by atoms with Gasteiger partial charge in [0.05, 0.1) is 23.2 Å². The molecule has 0 aliphatic rings. The lowest BCUT2D eigenvalue weighted by Gasteiger charge is -2.03. The summed E-state index contributed by atoms with van der Waals surface area (Å²) in [5, 5.41) is 0. The van der Waals surface area contributed by atoms with Crippen LogP contribution >= 0.6 is 11.3 Å². The average Bonchev–Trinajstić information content (AvgIpc) is 2.62. The van der Waals surface area contributed by atoms with Crippen LogP contribution in [0.4, 0.5) is 4.39 Å². The Morgan fingerprint density at radius 3 is 3.00 bits per heavy atom. The van der Waals surface area contributed by atoms with Gasteiger partial charge in [-0.2, -0.15) is 0 Å². The molecule has 0 aliphatic heterocycles. The van der Waals surface area contributed by atoms with Gasteiger partial charge in [0.25, 0.3) is 0 Å². The van der Waals surface area contributed by atoms with Gasteiger partial charge in [0.1, 0.15) is 5.82 Å². The number of halogens is 1. The average molecular weight is 269 g/mol. The van der Waals surface area contributed by atoms with Crippen molar-refractivity contribution in [1.29, 1.82) is 0 Å². The van der Waals surface area contributed by atoms with E-state index in [0.717, 1.165) is 11.3 Å². The number of aryl methyl sites for hydroxylation is 1. The van der Waals surface area contributed by atoms with Crippen LogP contribution in [0.3, 0.4) is 0 Å². The van der Waals surface area contributed by atoms with Gasteiger partial charge in [0.15, 0.2) is 0 Å². The molecule has 6 heteroatoms. The third-order valence-electron chi connectivity index (χ3n) is 2.47. The zero-order valence-corrected chi connectivity index (χ0v) is 10.6. The van der Waals surface area contributed by atoms with Crippen molar-refractivity contribution < 1.29 is 13.9 Å². The molecule has 0 amide bonds. The molecule has 0 spiro atoms. The minimum Gasteiger partial charge on any atom is -0.466 e. The summed E-state index contributed by atoms with van der Waals surface area (Å²) in [5.74, 6) is -0.759. The second-order valence-corrected chi connectivity index (χ2v) is 4.68. The quantitative estimate of drug-likeness (QED) is 0.799. The number of hydrogen-bond acceptors (Lipinski definition) is 4.